The van der Waals surface area contributed by atoms with Gasteiger partial charge in [0.1, 0.15) is 5.82 Å². The molecule has 2 aromatic rings. The van der Waals surface area contributed by atoms with Crippen molar-refractivity contribution in [1.82, 2.24) is 19.9 Å². The predicted octanol–water partition coefficient (Wildman–Crippen LogP) is -0.319. The fourth-order valence-corrected chi connectivity index (χ4v) is 3.13. The van der Waals surface area contributed by atoms with Crippen molar-refractivity contribution in [1.29, 1.82) is 0 Å². The van der Waals surface area contributed by atoms with Gasteiger partial charge in [0, 0.05) is 37.9 Å². The Hall–Kier alpha value is -2.56. The number of hydrogen-bond donors (Lipinski definition) is 2. The molecule has 0 unspecified atom stereocenters. The molecule has 4 heterocycles. The lowest BCUT2D eigenvalue weighted by molar-refractivity contribution is 0.121. The van der Waals surface area contributed by atoms with Gasteiger partial charge in [-0.1, -0.05) is 0 Å². The van der Waals surface area contributed by atoms with Gasteiger partial charge in [0.05, 0.1) is 33.0 Å². The first-order valence-electron chi connectivity index (χ1n) is 9.01. The number of nitrogens with zero attached hydrogens (tertiary/aromatic N) is 6. The van der Waals surface area contributed by atoms with Crippen LogP contribution in [0, 0.1) is 0 Å². The predicted molar refractivity (Wildman–Crippen MR) is 99.5 cm³/mol. The molecule has 2 aliphatic rings. The molecule has 0 saturated carbocycles. The van der Waals surface area contributed by atoms with Gasteiger partial charge in [-0.15, -0.1) is 0 Å². The Kier molecular flexibility index (Phi) is 5.28. The molecule has 10 nitrogen and oxygen atoms in total. The molecule has 4 rings (SSSR count). The van der Waals surface area contributed by atoms with Crippen molar-refractivity contribution in [3.8, 4) is 11.4 Å². The van der Waals surface area contributed by atoms with Crippen molar-refractivity contribution in [2.45, 2.75) is 6.61 Å². The first-order valence-corrected chi connectivity index (χ1v) is 9.01. The quantitative estimate of drug-likeness (QED) is 0.737. The molecule has 2 aromatic heterocycles. The number of aromatic nitrogens is 4. The van der Waals surface area contributed by atoms with Gasteiger partial charge in [-0.3, -0.25) is 0 Å². The zero-order valence-electron chi connectivity index (χ0n) is 15.0. The fourth-order valence-electron chi connectivity index (χ4n) is 3.13. The van der Waals surface area contributed by atoms with Gasteiger partial charge in [0.2, 0.25) is 11.9 Å². The molecule has 3 N–H and O–H groups in total. The van der Waals surface area contributed by atoms with Crippen LogP contribution in [0.5, 0.6) is 0 Å². The van der Waals surface area contributed by atoms with Gasteiger partial charge in [0.25, 0.3) is 0 Å². The van der Waals surface area contributed by atoms with E-state index >= 15 is 0 Å². The van der Waals surface area contributed by atoms with Gasteiger partial charge in [0.15, 0.2) is 5.82 Å². The van der Waals surface area contributed by atoms with Crippen LogP contribution in [-0.2, 0) is 16.1 Å². The van der Waals surface area contributed by atoms with E-state index in [0.717, 1.165) is 26.2 Å². The lowest BCUT2D eigenvalue weighted by Crippen LogP contribution is -2.40. The minimum absolute atomic E-state index is 0.173. The second-order valence-electron chi connectivity index (χ2n) is 6.38. The average molecular weight is 373 g/mol. The lowest BCUT2D eigenvalue weighted by atomic mass is 10.1. The maximum atomic E-state index is 9.73. The van der Waals surface area contributed by atoms with Crippen LogP contribution in [0.3, 0.4) is 0 Å². The third kappa shape index (κ3) is 3.92. The molecule has 10 heteroatoms. The Morgan fingerprint density at radius 1 is 0.926 bits per heavy atom. The van der Waals surface area contributed by atoms with Crippen molar-refractivity contribution >= 4 is 17.7 Å². The van der Waals surface area contributed by atoms with E-state index in [2.05, 4.69) is 24.8 Å². The van der Waals surface area contributed by atoms with Gasteiger partial charge >= 0.3 is 0 Å². The summed E-state index contributed by atoms with van der Waals surface area (Å²) in [5.74, 6) is 2.03. The molecule has 27 heavy (non-hydrogen) atoms. The highest BCUT2D eigenvalue weighted by Gasteiger charge is 2.22. The van der Waals surface area contributed by atoms with Gasteiger partial charge < -0.3 is 30.1 Å². The van der Waals surface area contributed by atoms with Crippen molar-refractivity contribution in [2.24, 2.45) is 0 Å². The summed E-state index contributed by atoms with van der Waals surface area (Å²) in [7, 11) is 0. The summed E-state index contributed by atoms with van der Waals surface area (Å²) in [6.07, 6.45) is 1.60. The van der Waals surface area contributed by atoms with Crippen LogP contribution in [0.15, 0.2) is 12.3 Å². The number of aliphatic hydroxyl groups excluding tert-OH is 1. The molecule has 0 amide bonds. The topological polar surface area (TPSA) is 123 Å². The smallest absolute Gasteiger partial charge is 0.230 e. The van der Waals surface area contributed by atoms with Crippen LogP contribution < -0.4 is 15.5 Å². The van der Waals surface area contributed by atoms with E-state index in [-0.39, 0.29) is 6.61 Å². The highest BCUT2D eigenvalue weighted by molar-refractivity contribution is 5.63. The third-order valence-corrected chi connectivity index (χ3v) is 4.62. The normalized spacial score (nSPS) is 18.0. The van der Waals surface area contributed by atoms with Crippen LogP contribution in [0.4, 0.5) is 17.7 Å². The van der Waals surface area contributed by atoms with Gasteiger partial charge in [-0.2, -0.15) is 15.0 Å². The average Bonchev–Trinajstić information content (AvgIpc) is 2.74. The molecule has 2 fully saturated rings. The van der Waals surface area contributed by atoms with E-state index in [9.17, 15) is 5.11 Å². The van der Waals surface area contributed by atoms with E-state index in [4.69, 9.17) is 20.2 Å². The first-order chi connectivity index (χ1) is 13.2. The Morgan fingerprint density at radius 2 is 1.48 bits per heavy atom. The first kappa shape index (κ1) is 17.8. The van der Waals surface area contributed by atoms with Crippen molar-refractivity contribution in [3.05, 3.63) is 17.8 Å². The highest BCUT2D eigenvalue weighted by Crippen LogP contribution is 2.25. The number of anilines is 3. The second-order valence-corrected chi connectivity index (χ2v) is 6.38. The summed E-state index contributed by atoms with van der Waals surface area (Å²) in [6.45, 7) is 5.26. The standard InChI is InChI=1S/C17H23N7O3/c18-14-9-12(11-25)13(10-19-14)15-20-16(23-1-5-26-6-2-23)22-17(21-15)24-3-7-27-8-4-24/h9-10,25H,1-8,11H2,(H2,18,19). The maximum Gasteiger partial charge on any atom is 0.230 e. The van der Waals surface area contributed by atoms with E-state index in [1.165, 1.54) is 0 Å². The SMILES string of the molecule is Nc1cc(CO)c(-c2nc(N3CCOCC3)nc(N3CCOCC3)n2)cn1. The summed E-state index contributed by atoms with van der Waals surface area (Å²) in [5.41, 5.74) is 7.04. The number of aliphatic hydroxyl groups is 1. The molecule has 0 bridgehead atoms. The molecule has 2 saturated heterocycles. The molecular weight excluding hydrogens is 350 g/mol. The van der Waals surface area contributed by atoms with Crippen LogP contribution in [-0.4, -0.2) is 77.6 Å². The zero-order chi connectivity index (χ0) is 18.6. The highest BCUT2D eigenvalue weighted by atomic mass is 16.5. The Bertz CT molecular complexity index is 756. The molecule has 144 valence electrons. The molecule has 0 atom stereocenters. The summed E-state index contributed by atoms with van der Waals surface area (Å²) in [4.78, 5) is 22.3. The minimum Gasteiger partial charge on any atom is -0.392 e. The van der Waals surface area contributed by atoms with Crippen molar-refractivity contribution in [2.75, 3.05) is 68.1 Å². The van der Waals surface area contributed by atoms with Crippen LogP contribution >= 0.6 is 0 Å². The number of morpholine rings is 2. The summed E-state index contributed by atoms with van der Waals surface area (Å²) >= 11 is 0. The number of nitrogens with two attached hydrogens (primary N) is 1. The fraction of sp³-hybridized carbons (Fsp3) is 0.529. The third-order valence-electron chi connectivity index (χ3n) is 4.62. The number of pyridine rings is 1. The minimum atomic E-state index is -0.173. The monoisotopic (exact) mass is 373 g/mol. The Labute approximate surface area is 157 Å². The molecule has 0 spiro atoms. The van der Waals surface area contributed by atoms with E-state index < -0.39 is 0 Å². The number of hydrogen-bond acceptors (Lipinski definition) is 10. The molecule has 2 aliphatic heterocycles. The lowest BCUT2D eigenvalue weighted by Gasteiger charge is -2.30. The van der Waals surface area contributed by atoms with E-state index in [0.29, 0.717) is 61.1 Å². The summed E-state index contributed by atoms with van der Waals surface area (Å²) in [6, 6.07) is 1.64. The van der Waals surface area contributed by atoms with E-state index in [1.54, 1.807) is 12.3 Å². The van der Waals surface area contributed by atoms with Crippen molar-refractivity contribution < 1.29 is 14.6 Å². The van der Waals surface area contributed by atoms with Crippen molar-refractivity contribution in [3.63, 3.8) is 0 Å². The molecule has 0 aliphatic carbocycles. The van der Waals surface area contributed by atoms with Gasteiger partial charge in [-0.05, 0) is 11.6 Å². The molecular formula is C17H23N7O3. The van der Waals surface area contributed by atoms with Gasteiger partial charge in [-0.25, -0.2) is 4.98 Å². The van der Waals surface area contributed by atoms with Crippen LogP contribution in [0.2, 0.25) is 0 Å². The largest absolute Gasteiger partial charge is 0.392 e. The maximum absolute atomic E-state index is 9.73. The number of rotatable bonds is 4. The second kappa shape index (κ2) is 7.99. The number of nitrogen functional groups attached to an aromatic ring is 1. The zero-order valence-corrected chi connectivity index (χ0v) is 15.0. The molecule has 0 radical (unpaired) electrons. The Balaban J connectivity index is 1.77. The molecule has 0 aromatic carbocycles. The van der Waals surface area contributed by atoms with Crippen LogP contribution in [0.25, 0.3) is 11.4 Å². The summed E-state index contributed by atoms with van der Waals surface area (Å²) < 4.78 is 10.9. The van der Waals surface area contributed by atoms with E-state index in [1.807, 2.05) is 0 Å². The Morgan fingerprint density at radius 3 is 2.00 bits per heavy atom. The number of ether oxygens (including phenoxy) is 2. The summed E-state index contributed by atoms with van der Waals surface area (Å²) in [5, 5.41) is 9.73. The van der Waals surface area contributed by atoms with Crippen LogP contribution in [0.1, 0.15) is 5.56 Å².